The van der Waals surface area contributed by atoms with Gasteiger partial charge in [0.15, 0.2) is 0 Å². The molecule has 1 atom stereocenters. The molecule has 3 radical (unpaired) electrons. The minimum absolute atomic E-state index is 0.109. The van der Waals surface area contributed by atoms with Gasteiger partial charge in [0.05, 0.1) is 15.5 Å². The van der Waals surface area contributed by atoms with E-state index < -0.39 is 0 Å². The number of ether oxygens (including phenoxy) is 1. The van der Waals surface area contributed by atoms with Crippen molar-refractivity contribution in [2.45, 2.75) is 32.4 Å². The molecule has 0 aliphatic carbocycles. The molecular formula is C12H15OSi. The zero-order chi connectivity index (χ0) is 10.4. The molecule has 0 N–H and O–H groups in total. The molecule has 1 nitrogen and oxygen atoms in total. The number of benzene rings is 1. The van der Waals surface area contributed by atoms with Gasteiger partial charge in [0.1, 0.15) is 5.75 Å². The van der Waals surface area contributed by atoms with Crippen LogP contribution in [0, 0.1) is 5.41 Å². The van der Waals surface area contributed by atoms with Crippen LogP contribution in [0.1, 0.15) is 26.3 Å². The first kappa shape index (κ1) is 9.78. The van der Waals surface area contributed by atoms with Crippen LogP contribution in [0.2, 0.25) is 0 Å². The van der Waals surface area contributed by atoms with Gasteiger partial charge in [-0.05, 0) is 25.0 Å². The molecule has 1 aromatic carbocycles. The van der Waals surface area contributed by atoms with Crippen molar-refractivity contribution in [3.05, 3.63) is 29.8 Å². The summed E-state index contributed by atoms with van der Waals surface area (Å²) in [4.78, 5) is 0. The Morgan fingerprint density at radius 3 is 2.57 bits per heavy atom. The second-order valence-corrected chi connectivity index (χ2v) is 5.76. The number of hydrogen-bond donors (Lipinski definition) is 0. The number of rotatable bonds is 0. The number of para-hydroxylation sites is 1. The first-order valence-electron chi connectivity index (χ1n) is 4.94. The van der Waals surface area contributed by atoms with Gasteiger partial charge in [-0.3, -0.25) is 0 Å². The van der Waals surface area contributed by atoms with Crippen LogP contribution in [0.5, 0.6) is 5.75 Å². The smallest absolute Gasteiger partial charge is 0.122 e. The predicted molar refractivity (Wildman–Crippen MR) is 58.7 cm³/mol. The van der Waals surface area contributed by atoms with Crippen molar-refractivity contribution in [1.29, 1.82) is 0 Å². The first-order valence-corrected chi connectivity index (χ1v) is 5.44. The molecule has 1 aromatic rings. The van der Waals surface area contributed by atoms with Gasteiger partial charge in [-0.15, -0.1) is 0 Å². The summed E-state index contributed by atoms with van der Waals surface area (Å²) in [6.07, 6.45) is 1.04. The van der Waals surface area contributed by atoms with Crippen LogP contribution in [0.4, 0.5) is 0 Å². The molecule has 0 fully saturated rings. The lowest BCUT2D eigenvalue weighted by atomic mass is 9.78. The average Bonchev–Trinajstić information content (AvgIpc) is 2.05. The van der Waals surface area contributed by atoms with E-state index in [0.29, 0.717) is 0 Å². The highest BCUT2D eigenvalue weighted by atomic mass is 28.1. The normalized spacial score (nSPS) is 29.1. The molecule has 14 heavy (non-hydrogen) atoms. The SMILES string of the molecule is CC1(C)Cc2ccccc2OC1(C)[Si]. The summed E-state index contributed by atoms with van der Waals surface area (Å²) in [5, 5.41) is -0.276. The van der Waals surface area contributed by atoms with Gasteiger partial charge in [-0.1, -0.05) is 32.0 Å². The van der Waals surface area contributed by atoms with Crippen molar-refractivity contribution < 1.29 is 4.74 Å². The van der Waals surface area contributed by atoms with Crippen LogP contribution in [-0.2, 0) is 6.42 Å². The van der Waals surface area contributed by atoms with E-state index >= 15 is 0 Å². The summed E-state index contributed by atoms with van der Waals surface area (Å²) in [5.41, 5.74) is 1.41. The molecule has 2 heteroatoms. The van der Waals surface area contributed by atoms with Crippen LogP contribution >= 0.6 is 0 Å². The Labute approximate surface area is 88.9 Å². The van der Waals surface area contributed by atoms with Crippen LogP contribution in [0.3, 0.4) is 0 Å². The van der Waals surface area contributed by atoms with E-state index in [4.69, 9.17) is 4.74 Å². The molecule has 0 aromatic heterocycles. The van der Waals surface area contributed by atoms with E-state index in [1.54, 1.807) is 0 Å². The predicted octanol–water partition coefficient (Wildman–Crippen LogP) is 2.53. The van der Waals surface area contributed by atoms with Gasteiger partial charge >= 0.3 is 0 Å². The van der Waals surface area contributed by atoms with Crippen LogP contribution < -0.4 is 4.74 Å². The summed E-state index contributed by atoms with van der Waals surface area (Å²) in [7, 11) is 3.72. The van der Waals surface area contributed by atoms with E-state index in [1.807, 2.05) is 12.1 Å². The molecule has 1 unspecified atom stereocenters. The molecule has 73 valence electrons. The third kappa shape index (κ3) is 1.38. The van der Waals surface area contributed by atoms with Gasteiger partial charge in [-0.2, -0.15) is 0 Å². The second-order valence-electron chi connectivity index (χ2n) is 4.80. The lowest BCUT2D eigenvalue weighted by molar-refractivity contribution is 0.0288. The minimum Gasteiger partial charge on any atom is -0.491 e. The second kappa shape index (κ2) is 2.86. The number of hydrogen-bond acceptors (Lipinski definition) is 1. The Morgan fingerprint density at radius 2 is 1.86 bits per heavy atom. The summed E-state index contributed by atoms with van der Waals surface area (Å²) in [5.74, 6) is 1.00. The van der Waals surface area contributed by atoms with Crippen molar-refractivity contribution in [1.82, 2.24) is 0 Å². The molecular weight excluding hydrogens is 188 g/mol. The molecule has 1 aliphatic rings. The Hall–Kier alpha value is -0.763. The summed E-state index contributed by atoms with van der Waals surface area (Å²) >= 11 is 0. The van der Waals surface area contributed by atoms with Crippen molar-refractivity contribution >= 4 is 10.2 Å². The van der Waals surface area contributed by atoms with Crippen molar-refractivity contribution in [2.24, 2.45) is 5.41 Å². The summed E-state index contributed by atoms with van der Waals surface area (Å²) < 4.78 is 5.95. The lowest BCUT2D eigenvalue weighted by Crippen LogP contribution is -2.51. The first-order chi connectivity index (χ1) is 6.42. The highest BCUT2D eigenvalue weighted by molar-refractivity contribution is 6.15. The molecule has 0 amide bonds. The highest BCUT2D eigenvalue weighted by Gasteiger charge is 2.42. The van der Waals surface area contributed by atoms with Crippen LogP contribution in [-0.4, -0.2) is 15.5 Å². The molecule has 0 bridgehead atoms. The van der Waals surface area contributed by atoms with Crippen LogP contribution in [0.25, 0.3) is 0 Å². The standard InChI is InChI=1S/C12H15OSi/c1-11(2)8-9-6-4-5-7-10(9)13-12(11,3)14/h4-7H,8H2,1-3H3. The maximum atomic E-state index is 5.95. The zero-order valence-corrected chi connectivity index (χ0v) is 9.92. The average molecular weight is 203 g/mol. The summed E-state index contributed by atoms with van der Waals surface area (Å²) in [6.45, 7) is 6.52. The number of fused-ring (bicyclic) bond motifs is 1. The molecule has 0 spiro atoms. The highest BCUT2D eigenvalue weighted by Crippen LogP contribution is 2.42. The quantitative estimate of drug-likeness (QED) is 0.589. The van der Waals surface area contributed by atoms with Gasteiger partial charge in [0, 0.05) is 5.41 Å². The molecule has 1 heterocycles. The lowest BCUT2D eigenvalue weighted by Gasteiger charge is -2.46. The molecule has 0 saturated heterocycles. The fourth-order valence-corrected chi connectivity index (χ4v) is 1.95. The molecule has 0 saturated carbocycles. The molecule has 2 rings (SSSR count). The van der Waals surface area contributed by atoms with Gasteiger partial charge in [0.25, 0.3) is 0 Å². The van der Waals surface area contributed by atoms with E-state index in [0.717, 1.165) is 12.2 Å². The minimum atomic E-state index is -0.276. The van der Waals surface area contributed by atoms with Crippen molar-refractivity contribution in [3.63, 3.8) is 0 Å². The van der Waals surface area contributed by atoms with Crippen molar-refractivity contribution in [3.8, 4) is 5.75 Å². The third-order valence-corrected chi connectivity index (χ3v) is 3.99. The molecule has 1 aliphatic heterocycles. The van der Waals surface area contributed by atoms with Crippen LogP contribution in [0.15, 0.2) is 24.3 Å². The third-order valence-electron chi connectivity index (χ3n) is 3.21. The zero-order valence-electron chi connectivity index (χ0n) is 8.92. The van der Waals surface area contributed by atoms with Gasteiger partial charge in [0.2, 0.25) is 0 Å². The fraction of sp³-hybridized carbons (Fsp3) is 0.500. The Balaban J connectivity index is 2.46. The summed E-state index contributed by atoms with van der Waals surface area (Å²) in [6, 6.07) is 8.25. The monoisotopic (exact) mass is 203 g/mol. The van der Waals surface area contributed by atoms with E-state index in [9.17, 15) is 0 Å². The largest absolute Gasteiger partial charge is 0.491 e. The maximum Gasteiger partial charge on any atom is 0.122 e. The van der Waals surface area contributed by atoms with Gasteiger partial charge < -0.3 is 4.74 Å². The van der Waals surface area contributed by atoms with E-state index in [2.05, 4.69) is 43.1 Å². The Bertz CT molecular complexity index is 320. The fourth-order valence-electron chi connectivity index (χ4n) is 1.75. The van der Waals surface area contributed by atoms with E-state index in [1.165, 1.54) is 5.56 Å². The Kier molecular flexibility index (Phi) is 2.00. The van der Waals surface area contributed by atoms with Crippen molar-refractivity contribution in [2.75, 3.05) is 0 Å². The maximum absolute atomic E-state index is 5.95. The van der Waals surface area contributed by atoms with E-state index in [-0.39, 0.29) is 10.6 Å². The topological polar surface area (TPSA) is 9.23 Å². The Morgan fingerprint density at radius 1 is 1.21 bits per heavy atom. The van der Waals surface area contributed by atoms with Gasteiger partial charge in [-0.25, -0.2) is 0 Å².